The second-order valence-electron chi connectivity index (χ2n) is 5.25. The minimum absolute atomic E-state index is 0.251. The summed E-state index contributed by atoms with van der Waals surface area (Å²) in [4.78, 5) is 4.50. The molecule has 0 aliphatic carbocycles. The lowest BCUT2D eigenvalue weighted by molar-refractivity contribution is 0.451. The molecule has 6 nitrogen and oxygen atoms in total. The highest BCUT2D eigenvalue weighted by atomic mass is 32.2. The smallest absolute Gasteiger partial charge is 0.243 e. The molecule has 1 aromatic heterocycles. The van der Waals surface area contributed by atoms with Gasteiger partial charge in [-0.1, -0.05) is 6.07 Å². The van der Waals surface area contributed by atoms with Crippen molar-refractivity contribution < 1.29 is 8.42 Å². The third-order valence-corrected chi connectivity index (χ3v) is 5.60. The molecule has 21 heavy (non-hydrogen) atoms. The lowest BCUT2D eigenvalue weighted by atomic mass is 10.1. The van der Waals surface area contributed by atoms with Crippen molar-refractivity contribution in [2.45, 2.75) is 24.5 Å². The van der Waals surface area contributed by atoms with E-state index in [1.54, 1.807) is 31.6 Å². The summed E-state index contributed by atoms with van der Waals surface area (Å²) in [6.07, 6.45) is 3.47. The topological polar surface area (TPSA) is 67.2 Å². The second kappa shape index (κ2) is 5.25. The number of sulfonamides is 1. The van der Waals surface area contributed by atoms with Crippen molar-refractivity contribution in [3.8, 4) is 0 Å². The Bertz CT molecular complexity index is 767. The fourth-order valence-electron chi connectivity index (χ4n) is 2.44. The zero-order chi connectivity index (χ0) is 15.0. The Morgan fingerprint density at radius 1 is 1.33 bits per heavy atom. The first-order chi connectivity index (χ1) is 9.98. The van der Waals surface area contributed by atoms with Gasteiger partial charge in [0.05, 0.1) is 11.4 Å². The van der Waals surface area contributed by atoms with Crippen molar-refractivity contribution in [1.29, 1.82) is 0 Å². The summed E-state index contributed by atoms with van der Waals surface area (Å²) in [6, 6.07) is 5.33. The molecule has 1 aliphatic rings. The maximum atomic E-state index is 12.6. The van der Waals surface area contributed by atoms with Gasteiger partial charge in [-0.25, -0.2) is 13.4 Å². The molecule has 1 aromatic carbocycles. The Morgan fingerprint density at radius 2 is 2.10 bits per heavy atom. The third kappa shape index (κ3) is 2.59. The molecule has 0 bridgehead atoms. The van der Waals surface area contributed by atoms with Crippen molar-refractivity contribution in [3.05, 3.63) is 47.5 Å². The van der Waals surface area contributed by atoms with Gasteiger partial charge in [0.1, 0.15) is 5.82 Å². The van der Waals surface area contributed by atoms with Crippen molar-refractivity contribution in [2.24, 2.45) is 7.05 Å². The van der Waals surface area contributed by atoms with Crippen molar-refractivity contribution in [1.82, 2.24) is 19.2 Å². The van der Waals surface area contributed by atoms with Gasteiger partial charge in [-0.05, 0) is 23.3 Å². The molecule has 0 saturated carbocycles. The molecule has 2 aromatic rings. The van der Waals surface area contributed by atoms with Gasteiger partial charge in [-0.2, -0.15) is 4.31 Å². The Balaban J connectivity index is 1.87. The van der Waals surface area contributed by atoms with Crippen LogP contribution in [0.25, 0.3) is 0 Å². The standard InChI is InChI=1S/C14H18N4O2S/c1-17-6-5-16-14(17)10-18(2)21(19,20)13-4-3-11-8-15-9-12(11)7-13/h3-7,15H,8-10H2,1-2H3. The average molecular weight is 306 g/mol. The van der Waals surface area contributed by atoms with Crippen LogP contribution < -0.4 is 5.32 Å². The highest BCUT2D eigenvalue weighted by Crippen LogP contribution is 2.22. The maximum absolute atomic E-state index is 12.6. The molecule has 0 amide bonds. The number of benzene rings is 1. The molecular formula is C14H18N4O2S. The van der Waals surface area contributed by atoms with Crippen molar-refractivity contribution in [3.63, 3.8) is 0 Å². The summed E-state index contributed by atoms with van der Waals surface area (Å²) >= 11 is 0. The molecule has 0 spiro atoms. The summed E-state index contributed by atoms with van der Waals surface area (Å²) < 4.78 is 28.4. The SMILES string of the molecule is CN(Cc1nccn1C)S(=O)(=O)c1ccc2c(c1)CNC2. The molecule has 0 saturated heterocycles. The van der Waals surface area contributed by atoms with Crippen LogP contribution in [0.3, 0.4) is 0 Å². The summed E-state index contributed by atoms with van der Waals surface area (Å²) in [5, 5.41) is 3.22. The van der Waals surface area contributed by atoms with Gasteiger partial charge >= 0.3 is 0 Å². The van der Waals surface area contributed by atoms with Gasteiger partial charge in [0.2, 0.25) is 10.0 Å². The monoisotopic (exact) mass is 306 g/mol. The first-order valence-corrected chi connectivity index (χ1v) is 8.17. The molecule has 7 heteroatoms. The first-order valence-electron chi connectivity index (χ1n) is 6.73. The Hall–Kier alpha value is -1.70. The molecule has 0 fully saturated rings. The van der Waals surface area contributed by atoms with Crippen LogP contribution in [0.2, 0.25) is 0 Å². The average Bonchev–Trinajstić information content (AvgIpc) is 3.07. The summed E-state index contributed by atoms with van der Waals surface area (Å²) in [5.41, 5.74) is 2.22. The maximum Gasteiger partial charge on any atom is 0.243 e. The number of fused-ring (bicyclic) bond motifs is 1. The van der Waals surface area contributed by atoms with Crippen LogP contribution in [0.1, 0.15) is 17.0 Å². The Morgan fingerprint density at radius 3 is 2.81 bits per heavy atom. The largest absolute Gasteiger partial charge is 0.337 e. The normalized spacial score (nSPS) is 14.6. The van der Waals surface area contributed by atoms with Crippen LogP contribution in [-0.4, -0.2) is 29.3 Å². The summed E-state index contributed by atoms with van der Waals surface area (Å²) in [7, 11) is -0.0713. The number of imidazole rings is 1. The highest BCUT2D eigenvalue weighted by Gasteiger charge is 2.23. The Labute approximate surface area is 124 Å². The van der Waals surface area contributed by atoms with Gasteiger partial charge in [0.25, 0.3) is 0 Å². The van der Waals surface area contributed by atoms with Crippen LogP contribution >= 0.6 is 0 Å². The van der Waals surface area contributed by atoms with Gasteiger partial charge in [-0.3, -0.25) is 0 Å². The van der Waals surface area contributed by atoms with E-state index >= 15 is 0 Å². The zero-order valence-electron chi connectivity index (χ0n) is 12.1. The number of nitrogens with zero attached hydrogens (tertiary/aromatic N) is 3. The van der Waals surface area contributed by atoms with Crippen LogP contribution in [-0.2, 0) is 36.7 Å². The predicted octanol–water partition coefficient (Wildman–Crippen LogP) is 0.844. The van der Waals surface area contributed by atoms with E-state index in [-0.39, 0.29) is 6.54 Å². The quantitative estimate of drug-likeness (QED) is 0.909. The van der Waals surface area contributed by atoms with E-state index in [1.165, 1.54) is 9.87 Å². The fourth-order valence-corrected chi connectivity index (χ4v) is 3.62. The van der Waals surface area contributed by atoms with Gasteiger partial charge in [0.15, 0.2) is 0 Å². The lowest BCUT2D eigenvalue weighted by Crippen LogP contribution is -2.27. The molecule has 3 rings (SSSR count). The highest BCUT2D eigenvalue weighted by molar-refractivity contribution is 7.89. The molecular weight excluding hydrogens is 288 g/mol. The minimum atomic E-state index is -3.50. The fraction of sp³-hybridized carbons (Fsp3) is 0.357. The van der Waals surface area contributed by atoms with Crippen LogP contribution in [0.15, 0.2) is 35.5 Å². The van der Waals surface area contributed by atoms with Crippen LogP contribution in [0.5, 0.6) is 0 Å². The number of nitrogens with one attached hydrogen (secondary N) is 1. The van der Waals surface area contributed by atoms with E-state index < -0.39 is 10.0 Å². The zero-order valence-corrected chi connectivity index (χ0v) is 12.9. The van der Waals surface area contributed by atoms with Crippen LogP contribution in [0, 0.1) is 0 Å². The number of aromatic nitrogens is 2. The van der Waals surface area contributed by atoms with E-state index in [0.29, 0.717) is 10.7 Å². The molecule has 1 aliphatic heterocycles. The summed E-state index contributed by atoms with van der Waals surface area (Å²) in [6.45, 7) is 1.78. The van der Waals surface area contributed by atoms with Crippen LogP contribution in [0.4, 0.5) is 0 Å². The molecule has 0 atom stereocenters. The minimum Gasteiger partial charge on any atom is -0.337 e. The van der Waals surface area contributed by atoms with Gasteiger partial charge < -0.3 is 9.88 Å². The lowest BCUT2D eigenvalue weighted by Gasteiger charge is -2.17. The first kappa shape index (κ1) is 14.2. The molecule has 1 N–H and O–H groups in total. The Kier molecular flexibility index (Phi) is 3.56. The van der Waals surface area contributed by atoms with Crippen molar-refractivity contribution in [2.75, 3.05) is 7.05 Å². The number of hydrogen-bond acceptors (Lipinski definition) is 4. The number of hydrogen-bond donors (Lipinski definition) is 1. The van der Waals surface area contributed by atoms with E-state index in [0.717, 1.165) is 18.7 Å². The number of aryl methyl sites for hydroxylation is 1. The van der Waals surface area contributed by atoms with E-state index in [9.17, 15) is 8.42 Å². The van der Waals surface area contributed by atoms with Gasteiger partial charge in [0, 0.05) is 39.6 Å². The van der Waals surface area contributed by atoms with E-state index in [2.05, 4.69) is 10.3 Å². The van der Waals surface area contributed by atoms with E-state index in [1.807, 2.05) is 17.7 Å². The predicted molar refractivity (Wildman–Crippen MR) is 78.8 cm³/mol. The van der Waals surface area contributed by atoms with Gasteiger partial charge in [-0.15, -0.1) is 0 Å². The van der Waals surface area contributed by atoms with E-state index in [4.69, 9.17) is 0 Å². The second-order valence-corrected chi connectivity index (χ2v) is 7.29. The third-order valence-electron chi connectivity index (χ3n) is 3.80. The molecule has 0 radical (unpaired) electrons. The molecule has 2 heterocycles. The number of rotatable bonds is 4. The van der Waals surface area contributed by atoms with Crippen molar-refractivity contribution >= 4 is 10.0 Å². The molecule has 112 valence electrons. The summed E-state index contributed by atoms with van der Waals surface area (Å²) in [5.74, 6) is 0.712. The molecule has 0 unspecified atom stereocenters.